The maximum absolute atomic E-state index is 6.15. The molecule has 2 aromatic heterocycles. The molecule has 0 saturated carbocycles. The number of rotatable bonds is 4. The van der Waals surface area contributed by atoms with Crippen molar-refractivity contribution < 1.29 is 14.0 Å². The molecule has 0 unspecified atom stereocenters. The second-order valence-corrected chi connectivity index (χ2v) is 7.35. The van der Waals surface area contributed by atoms with E-state index in [1.54, 1.807) is 7.11 Å². The Balaban J connectivity index is 1.43. The molecular weight excluding hydrogens is 382 g/mol. The van der Waals surface area contributed by atoms with Gasteiger partial charge in [0.25, 0.3) is 5.89 Å². The van der Waals surface area contributed by atoms with Gasteiger partial charge in [0.05, 0.1) is 31.5 Å². The minimum absolute atomic E-state index is 0.0699. The standard InChI is InChI=1S/C22H21N5O3/c1-13-8-9-15(14(2)10-13)19-11-27-17(12-29-19)20(24-26-27)22-23-21(25-30-22)16-6-4-5-7-18(16)28-3/h4-10,19H,11-12H2,1-3H3/t19-/m0/s1. The van der Waals surface area contributed by atoms with Crippen LogP contribution in [-0.4, -0.2) is 32.2 Å². The molecule has 8 heteroatoms. The highest BCUT2D eigenvalue weighted by Crippen LogP contribution is 2.33. The van der Waals surface area contributed by atoms with Crippen LogP contribution in [0.2, 0.25) is 0 Å². The first kappa shape index (κ1) is 18.5. The van der Waals surface area contributed by atoms with E-state index in [0.29, 0.717) is 36.3 Å². The van der Waals surface area contributed by atoms with E-state index in [9.17, 15) is 0 Å². The van der Waals surface area contributed by atoms with E-state index in [2.05, 4.69) is 52.5 Å². The van der Waals surface area contributed by atoms with E-state index in [0.717, 1.165) is 11.3 Å². The van der Waals surface area contributed by atoms with Gasteiger partial charge in [-0.2, -0.15) is 4.98 Å². The third-order valence-electron chi connectivity index (χ3n) is 5.35. The van der Waals surface area contributed by atoms with E-state index in [1.807, 2.05) is 28.9 Å². The number of hydrogen-bond donors (Lipinski definition) is 0. The van der Waals surface area contributed by atoms with Crippen molar-refractivity contribution in [3.8, 4) is 28.7 Å². The number of fused-ring (bicyclic) bond motifs is 1. The van der Waals surface area contributed by atoms with Crippen LogP contribution in [-0.2, 0) is 17.9 Å². The number of aryl methyl sites for hydroxylation is 2. The lowest BCUT2D eigenvalue weighted by Gasteiger charge is -2.25. The average molecular weight is 403 g/mol. The Hall–Kier alpha value is -3.52. The summed E-state index contributed by atoms with van der Waals surface area (Å²) in [6, 6.07) is 13.9. The minimum Gasteiger partial charge on any atom is -0.496 e. The van der Waals surface area contributed by atoms with E-state index in [-0.39, 0.29) is 6.10 Å². The van der Waals surface area contributed by atoms with Crippen molar-refractivity contribution in [1.29, 1.82) is 0 Å². The molecule has 3 heterocycles. The predicted octanol–water partition coefficient (Wildman–Crippen LogP) is 3.89. The summed E-state index contributed by atoms with van der Waals surface area (Å²) < 4.78 is 18.9. The van der Waals surface area contributed by atoms with Gasteiger partial charge in [-0.3, -0.25) is 0 Å². The molecule has 0 spiro atoms. The van der Waals surface area contributed by atoms with Crippen LogP contribution in [0.1, 0.15) is 28.5 Å². The monoisotopic (exact) mass is 403 g/mol. The molecule has 5 rings (SSSR count). The van der Waals surface area contributed by atoms with Gasteiger partial charge >= 0.3 is 0 Å². The highest BCUT2D eigenvalue weighted by Gasteiger charge is 2.28. The Morgan fingerprint density at radius 2 is 2.00 bits per heavy atom. The van der Waals surface area contributed by atoms with Gasteiger partial charge in [0.1, 0.15) is 11.9 Å². The van der Waals surface area contributed by atoms with Gasteiger partial charge in [0, 0.05) is 0 Å². The normalized spacial score (nSPS) is 15.8. The number of hydrogen-bond acceptors (Lipinski definition) is 7. The van der Waals surface area contributed by atoms with Gasteiger partial charge in [-0.05, 0) is 37.1 Å². The Kier molecular flexibility index (Phi) is 4.55. The molecule has 30 heavy (non-hydrogen) atoms. The van der Waals surface area contributed by atoms with Crippen molar-refractivity contribution >= 4 is 0 Å². The highest BCUT2D eigenvalue weighted by atomic mass is 16.5. The Bertz CT molecular complexity index is 1210. The molecule has 8 nitrogen and oxygen atoms in total. The summed E-state index contributed by atoms with van der Waals surface area (Å²) in [7, 11) is 1.61. The zero-order chi connectivity index (χ0) is 20.7. The summed E-state index contributed by atoms with van der Waals surface area (Å²) in [5.41, 5.74) is 5.73. The number of ether oxygens (including phenoxy) is 2. The topological polar surface area (TPSA) is 88.1 Å². The summed E-state index contributed by atoms with van der Waals surface area (Å²) in [6.45, 7) is 5.14. The van der Waals surface area contributed by atoms with Crippen LogP contribution in [0.3, 0.4) is 0 Å². The molecule has 1 atom stereocenters. The van der Waals surface area contributed by atoms with Crippen LogP contribution in [0, 0.1) is 13.8 Å². The largest absolute Gasteiger partial charge is 0.496 e. The third kappa shape index (κ3) is 3.15. The van der Waals surface area contributed by atoms with Crippen molar-refractivity contribution in [2.24, 2.45) is 0 Å². The van der Waals surface area contributed by atoms with Crippen LogP contribution in [0.5, 0.6) is 5.75 Å². The van der Waals surface area contributed by atoms with Crippen molar-refractivity contribution in [2.75, 3.05) is 7.11 Å². The quantitative estimate of drug-likeness (QED) is 0.511. The van der Waals surface area contributed by atoms with E-state index >= 15 is 0 Å². The number of para-hydroxylation sites is 1. The maximum atomic E-state index is 6.15. The van der Waals surface area contributed by atoms with E-state index < -0.39 is 0 Å². The van der Waals surface area contributed by atoms with Crippen LogP contribution in [0.4, 0.5) is 0 Å². The fourth-order valence-electron chi connectivity index (χ4n) is 3.81. The van der Waals surface area contributed by atoms with Crippen LogP contribution in [0.25, 0.3) is 23.0 Å². The summed E-state index contributed by atoms with van der Waals surface area (Å²) in [4.78, 5) is 4.51. The van der Waals surface area contributed by atoms with Crippen molar-refractivity contribution in [1.82, 2.24) is 25.1 Å². The SMILES string of the molecule is COc1ccccc1-c1noc(-c2nnn3c2CO[C@H](c2ccc(C)cc2C)C3)n1. The number of methoxy groups -OCH3 is 1. The molecule has 152 valence electrons. The average Bonchev–Trinajstić information content (AvgIpc) is 3.40. The number of benzene rings is 2. The number of aromatic nitrogens is 5. The third-order valence-corrected chi connectivity index (χ3v) is 5.35. The second-order valence-electron chi connectivity index (χ2n) is 7.35. The molecule has 0 saturated heterocycles. The molecule has 0 aliphatic carbocycles. The molecule has 0 bridgehead atoms. The van der Waals surface area contributed by atoms with E-state index in [4.69, 9.17) is 14.0 Å². The highest BCUT2D eigenvalue weighted by molar-refractivity contribution is 5.65. The van der Waals surface area contributed by atoms with Gasteiger partial charge < -0.3 is 14.0 Å². The van der Waals surface area contributed by atoms with Crippen LogP contribution in [0.15, 0.2) is 47.0 Å². The lowest BCUT2D eigenvalue weighted by Crippen LogP contribution is -2.22. The predicted molar refractivity (Wildman–Crippen MR) is 109 cm³/mol. The molecular formula is C22H21N5O3. The lowest BCUT2D eigenvalue weighted by molar-refractivity contribution is -0.00153. The molecule has 2 aromatic carbocycles. The Labute approximate surface area is 173 Å². The zero-order valence-corrected chi connectivity index (χ0v) is 17.0. The molecule has 1 aliphatic rings. The Morgan fingerprint density at radius 3 is 2.83 bits per heavy atom. The molecule has 4 aromatic rings. The van der Waals surface area contributed by atoms with Crippen molar-refractivity contribution in [2.45, 2.75) is 33.1 Å². The molecule has 0 fully saturated rings. The summed E-state index contributed by atoms with van der Waals surface area (Å²) in [5.74, 6) is 1.43. The van der Waals surface area contributed by atoms with Crippen LogP contribution < -0.4 is 4.74 Å². The summed E-state index contributed by atoms with van der Waals surface area (Å²) in [5, 5.41) is 12.7. The molecule has 0 radical (unpaired) electrons. The second kappa shape index (κ2) is 7.38. The zero-order valence-electron chi connectivity index (χ0n) is 17.0. The molecule has 0 N–H and O–H groups in total. The molecule has 1 aliphatic heterocycles. The number of nitrogens with zero attached hydrogens (tertiary/aromatic N) is 5. The van der Waals surface area contributed by atoms with Gasteiger partial charge in [-0.15, -0.1) is 5.10 Å². The van der Waals surface area contributed by atoms with Gasteiger partial charge in [0.2, 0.25) is 5.82 Å². The molecule has 0 amide bonds. The fourth-order valence-corrected chi connectivity index (χ4v) is 3.81. The lowest BCUT2D eigenvalue weighted by atomic mass is 10.0. The first-order valence-electron chi connectivity index (χ1n) is 9.72. The van der Waals surface area contributed by atoms with Crippen molar-refractivity contribution in [3.63, 3.8) is 0 Å². The smallest absolute Gasteiger partial charge is 0.280 e. The maximum Gasteiger partial charge on any atom is 0.280 e. The summed E-state index contributed by atoms with van der Waals surface area (Å²) in [6.07, 6.45) is -0.0699. The first-order valence-corrected chi connectivity index (χ1v) is 9.72. The van der Waals surface area contributed by atoms with Crippen molar-refractivity contribution in [3.05, 3.63) is 64.8 Å². The summed E-state index contributed by atoms with van der Waals surface area (Å²) >= 11 is 0. The van der Waals surface area contributed by atoms with E-state index in [1.165, 1.54) is 16.7 Å². The first-order chi connectivity index (χ1) is 14.6. The van der Waals surface area contributed by atoms with Crippen LogP contribution >= 0.6 is 0 Å². The minimum atomic E-state index is -0.0699. The van der Waals surface area contributed by atoms with Gasteiger partial charge in [0.15, 0.2) is 5.69 Å². The van der Waals surface area contributed by atoms with Gasteiger partial charge in [-0.1, -0.05) is 46.3 Å². The van der Waals surface area contributed by atoms with Gasteiger partial charge in [-0.25, -0.2) is 4.68 Å². The fraction of sp³-hybridized carbons (Fsp3) is 0.273. The Morgan fingerprint density at radius 1 is 1.13 bits per heavy atom.